The van der Waals surface area contributed by atoms with Gasteiger partial charge in [-0.25, -0.2) is 0 Å². The molecule has 1 nitrogen and oxygen atoms in total. The quantitative estimate of drug-likeness (QED) is 0.614. The lowest BCUT2D eigenvalue weighted by molar-refractivity contribution is 0.521. The van der Waals surface area contributed by atoms with E-state index in [0.29, 0.717) is 5.41 Å². The van der Waals surface area contributed by atoms with Gasteiger partial charge in [0.25, 0.3) is 0 Å². The molecule has 0 bridgehead atoms. The van der Waals surface area contributed by atoms with E-state index >= 15 is 0 Å². The molecule has 1 fully saturated rings. The van der Waals surface area contributed by atoms with Gasteiger partial charge in [0.15, 0.2) is 0 Å². The third kappa shape index (κ3) is 1.68. The molecule has 0 aliphatic heterocycles. The van der Waals surface area contributed by atoms with Crippen molar-refractivity contribution in [2.45, 2.75) is 33.1 Å². The predicted octanol–water partition coefficient (Wildman–Crippen LogP) is 1.77. The van der Waals surface area contributed by atoms with Gasteiger partial charge in [0.2, 0.25) is 0 Å². The maximum Gasteiger partial charge on any atom is -0.00772 e. The first kappa shape index (κ1) is 7.07. The molecule has 0 spiro atoms. The fourth-order valence-corrected chi connectivity index (χ4v) is 1.43. The van der Waals surface area contributed by atoms with Gasteiger partial charge >= 0.3 is 0 Å². The van der Waals surface area contributed by atoms with Crippen LogP contribution < -0.4 is 5.73 Å². The van der Waals surface area contributed by atoms with Gasteiger partial charge in [0, 0.05) is 0 Å². The molecule has 1 atom stereocenters. The van der Waals surface area contributed by atoms with Crippen LogP contribution in [-0.2, 0) is 0 Å². The van der Waals surface area contributed by atoms with E-state index in [9.17, 15) is 0 Å². The highest BCUT2D eigenvalue weighted by Crippen LogP contribution is 2.53. The van der Waals surface area contributed by atoms with Crippen LogP contribution in [0.5, 0.6) is 0 Å². The normalized spacial score (nSPS) is 30.3. The van der Waals surface area contributed by atoms with Crippen molar-refractivity contribution in [1.82, 2.24) is 0 Å². The first-order valence-electron chi connectivity index (χ1n) is 3.87. The minimum absolute atomic E-state index is 0.662. The highest BCUT2D eigenvalue weighted by atomic mass is 14.5. The predicted molar refractivity (Wildman–Crippen MR) is 40.2 cm³/mol. The zero-order valence-electron chi connectivity index (χ0n) is 6.48. The standard InChI is InChI=1S/C8H17N/c1-8(2)6-7(8)4-3-5-9/h7H,3-6,9H2,1-2H3/t7-/m1/s1. The van der Waals surface area contributed by atoms with E-state index in [0.717, 1.165) is 12.5 Å². The van der Waals surface area contributed by atoms with Crippen LogP contribution in [0.2, 0.25) is 0 Å². The summed E-state index contributed by atoms with van der Waals surface area (Å²) in [4.78, 5) is 0. The monoisotopic (exact) mass is 127 g/mol. The summed E-state index contributed by atoms with van der Waals surface area (Å²) in [6, 6.07) is 0. The fourth-order valence-electron chi connectivity index (χ4n) is 1.43. The Bertz CT molecular complexity index is 96.7. The van der Waals surface area contributed by atoms with Crippen LogP contribution in [0.25, 0.3) is 0 Å². The summed E-state index contributed by atoms with van der Waals surface area (Å²) in [6.45, 7) is 5.55. The van der Waals surface area contributed by atoms with Crippen LogP contribution in [-0.4, -0.2) is 6.54 Å². The summed E-state index contributed by atoms with van der Waals surface area (Å²) < 4.78 is 0. The fraction of sp³-hybridized carbons (Fsp3) is 1.00. The highest BCUT2D eigenvalue weighted by molar-refractivity contribution is 4.94. The molecular weight excluding hydrogens is 110 g/mol. The smallest absolute Gasteiger partial charge is 0.00772 e. The van der Waals surface area contributed by atoms with Crippen molar-refractivity contribution in [3.63, 3.8) is 0 Å². The van der Waals surface area contributed by atoms with Crippen LogP contribution in [0, 0.1) is 11.3 Å². The van der Waals surface area contributed by atoms with Crippen molar-refractivity contribution in [2.24, 2.45) is 17.1 Å². The second-order valence-electron chi connectivity index (χ2n) is 3.82. The lowest BCUT2D eigenvalue weighted by Gasteiger charge is -1.99. The van der Waals surface area contributed by atoms with Crippen LogP contribution in [0.1, 0.15) is 33.1 Å². The molecule has 54 valence electrons. The zero-order chi connectivity index (χ0) is 6.91. The molecule has 1 aliphatic carbocycles. The number of rotatable bonds is 3. The average molecular weight is 127 g/mol. The third-order valence-electron chi connectivity index (χ3n) is 2.47. The summed E-state index contributed by atoms with van der Waals surface area (Å²) >= 11 is 0. The molecule has 0 aromatic heterocycles. The second-order valence-corrected chi connectivity index (χ2v) is 3.82. The molecule has 1 heteroatoms. The van der Waals surface area contributed by atoms with E-state index in [1.54, 1.807) is 0 Å². The van der Waals surface area contributed by atoms with Gasteiger partial charge in [-0.3, -0.25) is 0 Å². The molecule has 0 unspecified atom stereocenters. The zero-order valence-corrected chi connectivity index (χ0v) is 6.48. The topological polar surface area (TPSA) is 26.0 Å². The van der Waals surface area contributed by atoms with Crippen molar-refractivity contribution in [3.8, 4) is 0 Å². The summed E-state index contributed by atoms with van der Waals surface area (Å²) in [7, 11) is 0. The molecule has 0 saturated heterocycles. The van der Waals surface area contributed by atoms with Crippen molar-refractivity contribution >= 4 is 0 Å². The SMILES string of the molecule is CC1(C)C[C@H]1CCCN. The van der Waals surface area contributed by atoms with Gasteiger partial charge in [-0.05, 0) is 37.1 Å². The summed E-state index contributed by atoms with van der Waals surface area (Å²) in [5.74, 6) is 0.987. The molecule has 0 aromatic carbocycles. The average Bonchev–Trinajstić information content (AvgIpc) is 2.35. The Balaban J connectivity index is 2.06. The van der Waals surface area contributed by atoms with E-state index in [1.165, 1.54) is 19.3 Å². The summed E-state index contributed by atoms with van der Waals surface area (Å²) in [6.07, 6.45) is 3.99. The molecule has 1 saturated carbocycles. The largest absolute Gasteiger partial charge is 0.330 e. The summed E-state index contributed by atoms with van der Waals surface area (Å²) in [5, 5.41) is 0. The van der Waals surface area contributed by atoms with E-state index in [1.807, 2.05) is 0 Å². The minimum Gasteiger partial charge on any atom is -0.330 e. The Morgan fingerprint density at radius 2 is 2.11 bits per heavy atom. The van der Waals surface area contributed by atoms with Crippen molar-refractivity contribution < 1.29 is 0 Å². The molecule has 0 radical (unpaired) electrons. The lowest BCUT2D eigenvalue weighted by atomic mass is 10.1. The second kappa shape index (κ2) is 2.30. The van der Waals surface area contributed by atoms with Gasteiger partial charge in [0.1, 0.15) is 0 Å². The van der Waals surface area contributed by atoms with E-state index in [4.69, 9.17) is 5.73 Å². The highest BCUT2D eigenvalue weighted by Gasteiger charge is 2.44. The minimum atomic E-state index is 0.662. The van der Waals surface area contributed by atoms with Crippen molar-refractivity contribution in [1.29, 1.82) is 0 Å². The van der Waals surface area contributed by atoms with Gasteiger partial charge < -0.3 is 5.73 Å². The Morgan fingerprint density at radius 3 is 2.44 bits per heavy atom. The first-order valence-corrected chi connectivity index (χ1v) is 3.87. The third-order valence-corrected chi connectivity index (χ3v) is 2.47. The molecule has 2 N–H and O–H groups in total. The number of hydrogen-bond acceptors (Lipinski definition) is 1. The van der Waals surface area contributed by atoms with Crippen LogP contribution in [0.15, 0.2) is 0 Å². The van der Waals surface area contributed by atoms with Crippen LogP contribution in [0.4, 0.5) is 0 Å². The van der Waals surface area contributed by atoms with Crippen molar-refractivity contribution in [3.05, 3.63) is 0 Å². The number of hydrogen-bond donors (Lipinski definition) is 1. The maximum absolute atomic E-state index is 5.39. The Labute approximate surface area is 57.6 Å². The molecule has 0 heterocycles. The Kier molecular flexibility index (Phi) is 1.80. The van der Waals surface area contributed by atoms with Crippen molar-refractivity contribution in [2.75, 3.05) is 6.54 Å². The van der Waals surface area contributed by atoms with Crippen LogP contribution >= 0.6 is 0 Å². The van der Waals surface area contributed by atoms with Crippen LogP contribution in [0.3, 0.4) is 0 Å². The number of nitrogens with two attached hydrogens (primary N) is 1. The molecule has 9 heavy (non-hydrogen) atoms. The van der Waals surface area contributed by atoms with E-state index in [2.05, 4.69) is 13.8 Å². The van der Waals surface area contributed by atoms with Gasteiger partial charge in [-0.1, -0.05) is 13.8 Å². The molecule has 0 amide bonds. The molecular formula is C8H17N. The van der Waals surface area contributed by atoms with E-state index < -0.39 is 0 Å². The van der Waals surface area contributed by atoms with Gasteiger partial charge in [-0.2, -0.15) is 0 Å². The maximum atomic E-state index is 5.39. The Hall–Kier alpha value is -0.0400. The molecule has 0 aromatic rings. The molecule has 1 rings (SSSR count). The van der Waals surface area contributed by atoms with E-state index in [-0.39, 0.29) is 0 Å². The molecule has 1 aliphatic rings. The Morgan fingerprint density at radius 1 is 1.56 bits per heavy atom. The van der Waals surface area contributed by atoms with Gasteiger partial charge in [-0.15, -0.1) is 0 Å². The van der Waals surface area contributed by atoms with Gasteiger partial charge in [0.05, 0.1) is 0 Å². The summed E-state index contributed by atoms with van der Waals surface area (Å²) in [5.41, 5.74) is 6.06. The first-order chi connectivity index (χ1) is 4.17. The lowest BCUT2D eigenvalue weighted by Crippen LogP contribution is -2.00.